The van der Waals surface area contributed by atoms with Crippen LogP contribution in [0.2, 0.25) is 0 Å². The molecule has 3 heterocycles. The molecule has 2 aromatic carbocycles. The van der Waals surface area contributed by atoms with E-state index in [0.717, 1.165) is 37.8 Å². The van der Waals surface area contributed by atoms with Crippen molar-refractivity contribution < 1.29 is 63.7 Å². The number of alkyl carbamates (subject to hydrolysis) is 1. The number of aromatic nitrogens is 3. The van der Waals surface area contributed by atoms with Crippen LogP contribution in [-0.4, -0.2) is 124 Å². The summed E-state index contributed by atoms with van der Waals surface area (Å²) in [6, 6.07) is 8.54. The summed E-state index contributed by atoms with van der Waals surface area (Å²) in [5, 5.41) is 72.6. The number of amides is 3. The first-order valence-corrected chi connectivity index (χ1v) is 22.2. The minimum absolute atomic E-state index is 0.0269. The van der Waals surface area contributed by atoms with Crippen molar-refractivity contribution in [2.75, 3.05) is 6.54 Å². The molecule has 1 aromatic heterocycles. The van der Waals surface area contributed by atoms with E-state index in [-0.39, 0.29) is 30.3 Å². The van der Waals surface area contributed by atoms with E-state index in [2.05, 4.69) is 26.3 Å². The molecular weight excluding hydrogens is 845 g/mol. The van der Waals surface area contributed by atoms with Gasteiger partial charge in [0.25, 0.3) is 5.91 Å². The van der Waals surface area contributed by atoms with E-state index in [1.165, 1.54) is 16.8 Å². The van der Waals surface area contributed by atoms with Gasteiger partial charge in [-0.3, -0.25) is 9.59 Å². The lowest BCUT2D eigenvalue weighted by Crippen LogP contribution is -2.68. The van der Waals surface area contributed by atoms with Crippen LogP contribution < -0.4 is 16.0 Å². The van der Waals surface area contributed by atoms with E-state index in [1.54, 1.807) is 78.9 Å². The summed E-state index contributed by atoms with van der Waals surface area (Å²) in [6.07, 6.45) is -3.77. The molecule has 3 amide bonds. The lowest BCUT2D eigenvalue weighted by Gasteiger charge is -2.48. The number of carbonyl (C=O) groups is 4. The van der Waals surface area contributed by atoms with Gasteiger partial charge in [-0.2, -0.15) is 0 Å². The fourth-order valence-electron chi connectivity index (χ4n) is 8.92. The minimum Gasteiger partial charge on any atom is -0.507 e. The molecule has 8 atom stereocenters. The third kappa shape index (κ3) is 12.4. The molecule has 3 fully saturated rings. The summed E-state index contributed by atoms with van der Waals surface area (Å²) in [7, 11) is 0. The SMILES string of the molecule is Cc1cc(C(=O)NCC(O)[C@@H](O)[C@@H]2OC(C[C@@H]3OC(C)(C)OC3c3cccc(CNC(=O)OC(C)(C)C)c3)(C(=O)O)C[C@H](O)C2NC(=O)Cn2cc(C3CCCCC3)nn2)cc(C)c1O. The molecule has 2 aliphatic heterocycles. The van der Waals surface area contributed by atoms with Crippen molar-refractivity contribution >= 4 is 23.9 Å². The van der Waals surface area contributed by atoms with Crippen molar-refractivity contribution in [3.63, 3.8) is 0 Å². The number of rotatable bonds is 15. The van der Waals surface area contributed by atoms with Crippen molar-refractivity contribution in [2.24, 2.45) is 0 Å². The highest BCUT2D eigenvalue weighted by molar-refractivity contribution is 5.95. The Morgan fingerprint density at radius 1 is 0.985 bits per heavy atom. The quantitative estimate of drug-likeness (QED) is 0.108. The zero-order valence-corrected chi connectivity index (χ0v) is 38.1. The first-order valence-electron chi connectivity index (χ1n) is 22.2. The molecule has 0 radical (unpaired) electrons. The Balaban J connectivity index is 1.24. The monoisotopic (exact) mass is 908 g/mol. The van der Waals surface area contributed by atoms with Crippen LogP contribution in [0.5, 0.6) is 5.75 Å². The van der Waals surface area contributed by atoms with Gasteiger partial charge in [-0.25, -0.2) is 14.3 Å². The number of aliphatic carboxylic acids is 1. The number of ether oxygens (including phenoxy) is 4. The molecule has 8 N–H and O–H groups in total. The van der Waals surface area contributed by atoms with Crippen LogP contribution in [0.3, 0.4) is 0 Å². The summed E-state index contributed by atoms with van der Waals surface area (Å²) in [5.41, 5.74) is 0.145. The van der Waals surface area contributed by atoms with Gasteiger partial charge in [0, 0.05) is 43.6 Å². The van der Waals surface area contributed by atoms with Gasteiger partial charge in [0.1, 0.15) is 36.2 Å². The van der Waals surface area contributed by atoms with Crippen LogP contribution in [0.4, 0.5) is 4.79 Å². The number of hydrogen-bond acceptors (Lipinski definition) is 14. The van der Waals surface area contributed by atoms with E-state index in [0.29, 0.717) is 22.3 Å². The lowest BCUT2D eigenvalue weighted by atomic mass is 9.79. The number of carboxylic acids is 1. The molecule has 3 aliphatic rings. The number of carboxylic acid groups (broad SMARTS) is 1. The Morgan fingerprint density at radius 2 is 1.68 bits per heavy atom. The molecule has 0 bridgehead atoms. The van der Waals surface area contributed by atoms with Crippen LogP contribution in [-0.2, 0) is 41.6 Å². The van der Waals surface area contributed by atoms with Crippen LogP contribution in [0.15, 0.2) is 42.6 Å². The third-order valence-electron chi connectivity index (χ3n) is 12.1. The number of aromatic hydroxyl groups is 1. The second kappa shape index (κ2) is 20.1. The van der Waals surface area contributed by atoms with Crippen molar-refractivity contribution in [3.8, 4) is 5.75 Å². The van der Waals surface area contributed by atoms with Crippen LogP contribution in [0, 0.1) is 13.8 Å². The van der Waals surface area contributed by atoms with Crippen LogP contribution >= 0.6 is 0 Å². The Morgan fingerprint density at radius 3 is 2.34 bits per heavy atom. The maximum atomic E-state index is 13.6. The fraction of sp³-hybridized carbons (Fsp3) is 0.609. The minimum atomic E-state index is -2.28. The normalized spacial score (nSPS) is 25.6. The van der Waals surface area contributed by atoms with Crippen molar-refractivity contribution in [2.45, 2.75) is 172 Å². The van der Waals surface area contributed by atoms with Gasteiger partial charge >= 0.3 is 12.1 Å². The summed E-state index contributed by atoms with van der Waals surface area (Å²) in [5.74, 6) is -3.77. The number of aliphatic hydroxyl groups excluding tert-OH is 3. The highest BCUT2D eigenvalue weighted by Crippen LogP contribution is 2.45. The van der Waals surface area contributed by atoms with E-state index in [9.17, 15) is 44.7 Å². The van der Waals surface area contributed by atoms with E-state index < -0.39 is 103 Å². The van der Waals surface area contributed by atoms with E-state index in [4.69, 9.17) is 18.9 Å². The number of nitrogens with one attached hydrogen (secondary N) is 3. The fourth-order valence-corrected chi connectivity index (χ4v) is 8.92. The average molecular weight is 909 g/mol. The Hall–Kier alpha value is -5.18. The predicted molar refractivity (Wildman–Crippen MR) is 232 cm³/mol. The number of carbonyl (C=O) groups excluding carboxylic acids is 3. The molecule has 6 rings (SSSR count). The van der Waals surface area contributed by atoms with Gasteiger partial charge in [0.05, 0.1) is 30.0 Å². The number of aryl methyl sites for hydroxylation is 2. The van der Waals surface area contributed by atoms with Crippen molar-refractivity contribution in [3.05, 3.63) is 76.1 Å². The highest BCUT2D eigenvalue weighted by atomic mass is 16.8. The molecule has 19 heteroatoms. The van der Waals surface area contributed by atoms with Crippen LogP contribution in [0.1, 0.15) is 130 Å². The summed E-state index contributed by atoms with van der Waals surface area (Å²) >= 11 is 0. The largest absolute Gasteiger partial charge is 0.507 e. The van der Waals surface area contributed by atoms with Crippen molar-refractivity contribution in [1.29, 1.82) is 0 Å². The molecule has 1 aliphatic carbocycles. The zero-order chi connectivity index (χ0) is 47.4. The number of nitrogens with zero attached hydrogens (tertiary/aromatic N) is 3. The van der Waals surface area contributed by atoms with Gasteiger partial charge in [-0.05, 0) is 95.7 Å². The summed E-state index contributed by atoms with van der Waals surface area (Å²) in [4.78, 5) is 52.7. The molecular formula is C46H64N6O13. The average Bonchev–Trinajstić information content (AvgIpc) is 3.83. The first kappa shape index (κ1) is 49.3. The molecule has 4 unspecified atom stereocenters. The summed E-state index contributed by atoms with van der Waals surface area (Å²) < 4.78 is 25.7. The van der Waals surface area contributed by atoms with Gasteiger partial charge in [0.2, 0.25) is 5.91 Å². The second-order valence-corrected chi connectivity index (χ2v) is 19.0. The third-order valence-corrected chi connectivity index (χ3v) is 12.1. The predicted octanol–water partition coefficient (Wildman–Crippen LogP) is 3.57. The molecule has 356 valence electrons. The molecule has 3 aromatic rings. The molecule has 65 heavy (non-hydrogen) atoms. The first-order chi connectivity index (χ1) is 30.5. The van der Waals surface area contributed by atoms with Gasteiger partial charge in [-0.1, -0.05) is 48.7 Å². The highest BCUT2D eigenvalue weighted by Gasteiger charge is 2.58. The molecule has 2 saturated heterocycles. The number of aliphatic hydroxyl groups is 3. The van der Waals surface area contributed by atoms with E-state index >= 15 is 0 Å². The molecule has 0 spiro atoms. The Labute approximate surface area is 378 Å². The van der Waals surface area contributed by atoms with Gasteiger partial charge in [0.15, 0.2) is 11.4 Å². The topological polar surface area (TPSA) is 273 Å². The number of hydrogen-bond donors (Lipinski definition) is 8. The Kier molecular flexibility index (Phi) is 15.3. The lowest BCUT2D eigenvalue weighted by molar-refractivity contribution is -0.236. The number of phenolic OH excluding ortho intramolecular Hbond substituents is 1. The molecule has 1 saturated carbocycles. The van der Waals surface area contributed by atoms with Crippen molar-refractivity contribution in [1.82, 2.24) is 30.9 Å². The summed E-state index contributed by atoms with van der Waals surface area (Å²) in [6.45, 7) is 11.1. The Bertz CT molecular complexity index is 2160. The number of phenols is 1. The second-order valence-electron chi connectivity index (χ2n) is 19.0. The maximum absolute atomic E-state index is 13.6. The molecule has 19 nitrogen and oxygen atoms in total. The van der Waals surface area contributed by atoms with Gasteiger partial charge in [-0.15, -0.1) is 5.10 Å². The van der Waals surface area contributed by atoms with Gasteiger partial charge < -0.3 is 60.4 Å². The van der Waals surface area contributed by atoms with Crippen LogP contribution in [0.25, 0.3) is 0 Å². The van der Waals surface area contributed by atoms with E-state index in [1.807, 2.05) is 0 Å². The smallest absolute Gasteiger partial charge is 0.407 e. The maximum Gasteiger partial charge on any atom is 0.407 e. The standard InChI is InChI=1S/C46H64N6O13/c1-25-16-30(17-26(2)37(25)56)41(58)47-22-33(54)38(57)40-36(49-35(55)24-52-23-31(50-51-52)28-13-9-8-10-14-28)32(53)19-46(64-40,42(59)60)20-34-39(63-45(6,7)62-34)29-15-11-12-27(18-29)21-48-43(61)65-44(3,4)5/h11-12,15-18,23,28,32-34,36,38-40,53-54,56-57H,8-10,13-14,19-22,24H2,1-7H3,(H,47,58)(H,48,61)(H,49,55)(H,59,60)/t32-,33?,34-,36?,38+,39?,40+,46?/m0/s1. The number of benzene rings is 2. The zero-order valence-electron chi connectivity index (χ0n) is 38.1.